The highest BCUT2D eigenvalue weighted by molar-refractivity contribution is 7.93. The summed E-state index contributed by atoms with van der Waals surface area (Å²) in [5.74, 6) is -1.01. The van der Waals surface area contributed by atoms with Gasteiger partial charge in [-0.2, -0.15) is 0 Å². The van der Waals surface area contributed by atoms with Crippen LogP contribution in [0.5, 0.6) is 23.0 Å². The molecule has 0 spiro atoms. The molecule has 0 saturated heterocycles. The highest BCUT2D eigenvalue weighted by atomic mass is 32.2. The SMILES string of the molecule is COC(=O)CS(=O)(=O)Nc1cc(CS(=O)(=O)/C=C/c2c(OC)cc(OC)cc2OC)ccc1OC. The number of esters is 1. The topological polar surface area (TPSA) is 144 Å². The molecular weight excluding hydrogens is 502 g/mol. The number of ether oxygens (including phenoxy) is 5. The zero-order valence-electron chi connectivity index (χ0n) is 19.9. The average Bonchev–Trinajstić information content (AvgIpc) is 2.81. The van der Waals surface area contributed by atoms with Crippen LogP contribution in [0, 0.1) is 0 Å². The number of carbonyl (C=O) groups excluding carboxylic acids is 1. The lowest BCUT2D eigenvalue weighted by Gasteiger charge is -2.13. The molecule has 0 aliphatic heterocycles. The number of benzene rings is 2. The van der Waals surface area contributed by atoms with E-state index in [9.17, 15) is 21.6 Å². The van der Waals surface area contributed by atoms with Gasteiger partial charge < -0.3 is 23.7 Å². The van der Waals surface area contributed by atoms with Gasteiger partial charge in [0.05, 0.1) is 52.6 Å². The molecule has 0 atom stereocenters. The summed E-state index contributed by atoms with van der Waals surface area (Å²) in [6.07, 6.45) is 1.34. The number of anilines is 1. The van der Waals surface area contributed by atoms with Crippen LogP contribution in [-0.4, -0.2) is 64.1 Å². The molecule has 0 saturated carbocycles. The summed E-state index contributed by atoms with van der Waals surface area (Å²) in [5.41, 5.74) is 0.650. The fourth-order valence-electron chi connectivity index (χ4n) is 2.99. The predicted octanol–water partition coefficient (Wildman–Crippen LogP) is 2.22. The van der Waals surface area contributed by atoms with Crippen LogP contribution < -0.4 is 23.7 Å². The molecule has 0 amide bonds. The van der Waals surface area contributed by atoms with E-state index in [1.807, 2.05) is 0 Å². The van der Waals surface area contributed by atoms with E-state index >= 15 is 0 Å². The second-order valence-electron chi connectivity index (χ2n) is 7.03. The maximum Gasteiger partial charge on any atom is 0.322 e. The van der Waals surface area contributed by atoms with Crippen LogP contribution in [-0.2, 0) is 35.1 Å². The monoisotopic (exact) mass is 529 g/mol. The first-order chi connectivity index (χ1) is 16.5. The summed E-state index contributed by atoms with van der Waals surface area (Å²) in [5, 5.41) is 1.01. The molecule has 0 fully saturated rings. The molecule has 0 aliphatic rings. The Hall–Kier alpha value is -3.45. The van der Waals surface area contributed by atoms with Crippen molar-refractivity contribution in [2.24, 2.45) is 0 Å². The van der Waals surface area contributed by atoms with Crippen molar-refractivity contribution >= 4 is 37.6 Å². The molecule has 0 aliphatic carbocycles. The standard InChI is InChI=1S/C22H27NO10S2/c1-29-16-11-20(31-3)17(21(12-16)32-4)8-9-34(25,26)13-15-6-7-19(30-2)18(10-15)23-35(27,28)14-22(24)33-5/h6-12,23H,13-14H2,1-5H3/b9-8+. The van der Waals surface area contributed by atoms with E-state index in [1.165, 1.54) is 52.7 Å². The Morgan fingerprint density at radius 3 is 1.97 bits per heavy atom. The zero-order valence-corrected chi connectivity index (χ0v) is 21.5. The minimum absolute atomic E-state index is 0.0217. The molecule has 11 nitrogen and oxygen atoms in total. The minimum atomic E-state index is -4.11. The molecule has 13 heteroatoms. The zero-order chi connectivity index (χ0) is 26.2. The first kappa shape index (κ1) is 27.8. The maximum atomic E-state index is 12.8. The predicted molar refractivity (Wildman–Crippen MR) is 130 cm³/mol. The quantitative estimate of drug-likeness (QED) is 0.407. The summed E-state index contributed by atoms with van der Waals surface area (Å²) in [4.78, 5) is 11.4. The third kappa shape index (κ3) is 7.79. The van der Waals surface area contributed by atoms with Crippen molar-refractivity contribution in [1.82, 2.24) is 0 Å². The second-order valence-corrected chi connectivity index (χ2v) is 10.6. The number of sulfonamides is 1. The summed E-state index contributed by atoms with van der Waals surface area (Å²) in [7, 11) is -1.20. The normalized spacial score (nSPS) is 11.7. The molecule has 0 bridgehead atoms. The van der Waals surface area contributed by atoms with Crippen molar-refractivity contribution < 1.29 is 45.3 Å². The maximum absolute atomic E-state index is 12.8. The van der Waals surface area contributed by atoms with Gasteiger partial charge >= 0.3 is 5.97 Å². The van der Waals surface area contributed by atoms with Crippen molar-refractivity contribution in [1.29, 1.82) is 0 Å². The number of hydrogen-bond donors (Lipinski definition) is 1. The van der Waals surface area contributed by atoms with Crippen LogP contribution in [0.3, 0.4) is 0 Å². The van der Waals surface area contributed by atoms with Gasteiger partial charge in [0, 0.05) is 17.5 Å². The van der Waals surface area contributed by atoms with Crippen LogP contribution in [0.25, 0.3) is 6.08 Å². The highest BCUT2D eigenvalue weighted by Crippen LogP contribution is 2.35. The van der Waals surface area contributed by atoms with E-state index in [2.05, 4.69) is 9.46 Å². The van der Waals surface area contributed by atoms with Crippen molar-refractivity contribution in [3.63, 3.8) is 0 Å². The van der Waals surface area contributed by atoms with E-state index in [1.54, 1.807) is 12.1 Å². The molecule has 2 aromatic rings. The Balaban J connectivity index is 2.34. The number of carbonyl (C=O) groups is 1. The number of methoxy groups -OCH3 is 5. The lowest BCUT2D eigenvalue weighted by molar-refractivity contribution is -0.137. The molecule has 0 aromatic heterocycles. The number of hydrogen-bond acceptors (Lipinski definition) is 10. The fourth-order valence-corrected chi connectivity index (χ4v) is 5.07. The summed E-state index contributed by atoms with van der Waals surface area (Å²) >= 11 is 0. The lowest BCUT2D eigenvalue weighted by Crippen LogP contribution is -2.24. The Morgan fingerprint density at radius 1 is 0.857 bits per heavy atom. The summed E-state index contributed by atoms with van der Waals surface area (Å²) in [6.45, 7) is 0. The molecule has 0 radical (unpaired) electrons. The van der Waals surface area contributed by atoms with Crippen LogP contribution in [0.15, 0.2) is 35.7 Å². The Labute approximate surface area is 204 Å². The third-order valence-corrected chi connectivity index (χ3v) is 7.06. The molecule has 0 heterocycles. The van der Waals surface area contributed by atoms with Gasteiger partial charge in [0.25, 0.3) is 0 Å². The lowest BCUT2D eigenvalue weighted by atomic mass is 10.1. The largest absolute Gasteiger partial charge is 0.496 e. The van der Waals surface area contributed by atoms with E-state index in [0.29, 0.717) is 22.8 Å². The Bertz CT molecular complexity index is 1280. The Morgan fingerprint density at radius 2 is 1.46 bits per heavy atom. The van der Waals surface area contributed by atoms with Gasteiger partial charge in [0.1, 0.15) is 23.0 Å². The van der Waals surface area contributed by atoms with Gasteiger partial charge in [0.2, 0.25) is 10.0 Å². The smallest absolute Gasteiger partial charge is 0.322 e. The van der Waals surface area contributed by atoms with Gasteiger partial charge in [-0.3, -0.25) is 9.52 Å². The van der Waals surface area contributed by atoms with E-state index < -0.39 is 37.3 Å². The molecule has 35 heavy (non-hydrogen) atoms. The van der Waals surface area contributed by atoms with Crippen LogP contribution in [0.4, 0.5) is 5.69 Å². The van der Waals surface area contributed by atoms with Gasteiger partial charge in [0.15, 0.2) is 15.6 Å². The number of rotatable bonds is 12. The van der Waals surface area contributed by atoms with E-state index in [0.717, 1.165) is 12.5 Å². The van der Waals surface area contributed by atoms with Crippen LogP contribution in [0.1, 0.15) is 11.1 Å². The van der Waals surface area contributed by atoms with Crippen molar-refractivity contribution in [3.8, 4) is 23.0 Å². The third-order valence-electron chi connectivity index (χ3n) is 4.63. The van der Waals surface area contributed by atoms with Crippen molar-refractivity contribution in [3.05, 3.63) is 46.9 Å². The number of nitrogens with one attached hydrogen (secondary N) is 1. The molecule has 2 rings (SSSR count). The number of sulfone groups is 1. The average molecular weight is 530 g/mol. The highest BCUT2D eigenvalue weighted by Gasteiger charge is 2.20. The molecule has 0 unspecified atom stereocenters. The van der Waals surface area contributed by atoms with E-state index in [4.69, 9.17) is 18.9 Å². The summed E-state index contributed by atoms with van der Waals surface area (Å²) < 4.78 is 77.6. The van der Waals surface area contributed by atoms with Crippen LogP contribution in [0.2, 0.25) is 0 Å². The summed E-state index contributed by atoms with van der Waals surface area (Å²) in [6, 6.07) is 7.39. The molecular formula is C22H27NO10S2. The minimum Gasteiger partial charge on any atom is -0.496 e. The first-order valence-electron chi connectivity index (χ1n) is 9.92. The molecule has 192 valence electrons. The second kappa shape index (κ2) is 11.8. The first-order valence-corrected chi connectivity index (χ1v) is 13.3. The van der Waals surface area contributed by atoms with Crippen LogP contribution >= 0.6 is 0 Å². The van der Waals surface area contributed by atoms with Crippen molar-refractivity contribution in [2.45, 2.75) is 5.75 Å². The Kier molecular flexibility index (Phi) is 9.37. The van der Waals surface area contributed by atoms with Gasteiger partial charge in [-0.25, -0.2) is 16.8 Å². The van der Waals surface area contributed by atoms with Gasteiger partial charge in [-0.05, 0) is 23.8 Å². The molecule has 2 aromatic carbocycles. The van der Waals surface area contributed by atoms with E-state index in [-0.39, 0.29) is 17.0 Å². The molecule has 1 N–H and O–H groups in total. The fraction of sp³-hybridized carbons (Fsp3) is 0.318. The van der Waals surface area contributed by atoms with Crippen molar-refractivity contribution in [2.75, 3.05) is 46.0 Å². The van der Waals surface area contributed by atoms with Gasteiger partial charge in [-0.15, -0.1) is 0 Å². The van der Waals surface area contributed by atoms with Gasteiger partial charge in [-0.1, -0.05) is 6.07 Å².